The van der Waals surface area contributed by atoms with E-state index in [9.17, 15) is 0 Å². The molecule has 0 bridgehead atoms. The second-order valence-corrected chi connectivity index (χ2v) is 7.45. The Morgan fingerprint density at radius 3 is 1.68 bits per heavy atom. The number of para-hydroxylation sites is 1. The first-order chi connectivity index (χ1) is 12.4. The van der Waals surface area contributed by atoms with Crippen LogP contribution in [0.3, 0.4) is 0 Å². The van der Waals surface area contributed by atoms with Crippen molar-refractivity contribution in [3.63, 3.8) is 0 Å². The number of morpholine rings is 2. The van der Waals surface area contributed by atoms with Crippen LogP contribution in [0.2, 0.25) is 0 Å². The normalized spacial score (nSPS) is 29.2. The highest BCUT2D eigenvalue weighted by Crippen LogP contribution is 2.31. The molecule has 3 heterocycles. The molecule has 2 unspecified atom stereocenters. The van der Waals surface area contributed by atoms with Crippen LogP contribution >= 0.6 is 0 Å². The highest BCUT2D eigenvalue weighted by atomic mass is 16.5. The molecule has 0 aromatic heterocycles. The molecule has 0 N–H and O–H groups in total. The summed E-state index contributed by atoms with van der Waals surface area (Å²) >= 11 is 0. The van der Waals surface area contributed by atoms with E-state index in [-0.39, 0.29) is 0 Å². The van der Waals surface area contributed by atoms with Crippen LogP contribution in [0.1, 0.15) is 12.8 Å². The maximum Gasteiger partial charge on any atom is 0.0594 e. The Morgan fingerprint density at radius 1 is 0.720 bits per heavy atom. The van der Waals surface area contributed by atoms with Crippen LogP contribution in [0.5, 0.6) is 0 Å². The average Bonchev–Trinajstić information content (AvgIpc) is 3.06. The van der Waals surface area contributed by atoms with Crippen LogP contribution in [0, 0.1) is 0 Å². The third kappa shape index (κ3) is 4.34. The molecule has 4 rings (SSSR count). The second-order valence-electron chi connectivity index (χ2n) is 7.45. The Bertz CT molecular complexity index is 487. The first-order valence-electron chi connectivity index (χ1n) is 9.84. The Morgan fingerprint density at radius 2 is 1.20 bits per heavy atom. The number of rotatable bonds is 5. The molecule has 3 fully saturated rings. The van der Waals surface area contributed by atoms with Gasteiger partial charge in [0.1, 0.15) is 0 Å². The molecular weight excluding hydrogens is 314 g/mol. The predicted octanol–water partition coefficient (Wildman–Crippen LogP) is 1.69. The molecule has 0 saturated carbocycles. The minimum Gasteiger partial charge on any atom is -0.379 e. The van der Waals surface area contributed by atoms with E-state index in [1.54, 1.807) is 0 Å². The SMILES string of the molecule is c1ccc(N2C(CN3CCOCC3)CCC2CN2CCOCC2)cc1. The van der Waals surface area contributed by atoms with E-state index in [1.807, 2.05) is 0 Å². The van der Waals surface area contributed by atoms with E-state index in [0.717, 1.165) is 65.7 Å². The molecule has 5 heteroatoms. The second kappa shape index (κ2) is 8.49. The van der Waals surface area contributed by atoms with Crippen LogP contribution in [-0.4, -0.2) is 87.6 Å². The van der Waals surface area contributed by atoms with Crippen molar-refractivity contribution in [2.45, 2.75) is 24.9 Å². The first-order valence-corrected chi connectivity index (χ1v) is 9.84. The summed E-state index contributed by atoms with van der Waals surface area (Å²) in [5.74, 6) is 0. The minimum atomic E-state index is 0.617. The van der Waals surface area contributed by atoms with Crippen molar-refractivity contribution in [3.8, 4) is 0 Å². The fourth-order valence-electron chi connectivity index (χ4n) is 4.50. The zero-order valence-corrected chi connectivity index (χ0v) is 15.2. The summed E-state index contributed by atoms with van der Waals surface area (Å²) in [5, 5.41) is 0. The highest BCUT2D eigenvalue weighted by Gasteiger charge is 2.35. The number of nitrogens with zero attached hydrogens (tertiary/aromatic N) is 3. The zero-order valence-electron chi connectivity index (χ0n) is 15.2. The first kappa shape index (κ1) is 17.3. The van der Waals surface area contributed by atoms with E-state index < -0.39 is 0 Å². The van der Waals surface area contributed by atoms with Crippen molar-refractivity contribution >= 4 is 5.69 Å². The number of ether oxygens (including phenoxy) is 2. The lowest BCUT2D eigenvalue weighted by molar-refractivity contribution is 0.0332. The van der Waals surface area contributed by atoms with Gasteiger partial charge in [-0.2, -0.15) is 0 Å². The van der Waals surface area contributed by atoms with Gasteiger partial charge in [0, 0.05) is 57.0 Å². The molecule has 0 aliphatic carbocycles. The topological polar surface area (TPSA) is 28.2 Å². The Labute approximate surface area is 151 Å². The van der Waals surface area contributed by atoms with Crippen LogP contribution in [-0.2, 0) is 9.47 Å². The van der Waals surface area contributed by atoms with Gasteiger partial charge in [-0.15, -0.1) is 0 Å². The van der Waals surface area contributed by atoms with Gasteiger partial charge >= 0.3 is 0 Å². The molecule has 2 atom stereocenters. The number of hydrogen-bond donors (Lipinski definition) is 0. The van der Waals surface area contributed by atoms with Gasteiger partial charge in [0.05, 0.1) is 26.4 Å². The van der Waals surface area contributed by atoms with Gasteiger partial charge in [-0.05, 0) is 25.0 Å². The van der Waals surface area contributed by atoms with Gasteiger partial charge in [-0.3, -0.25) is 9.80 Å². The van der Waals surface area contributed by atoms with Crippen LogP contribution in [0.25, 0.3) is 0 Å². The van der Waals surface area contributed by atoms with Crippen molar-refractivity contribution in [1.82, 2.24) is 9.80 Å². The van der Waals surface area contributed by atoms with Crippen molar-refractivity contribution in [1.29, 1.82) is 0 Å². The predicted molar refractivity (Wildman–Crippen MR) is 100 cm³/mol. The van der Waals surface area contributed by atoms with Gasteiger partial charge in [0.15, 0.2) is 0 Å². The van der Waals surface area contributed by atoms with Crippen LogP contribution in [0.15, 0.2) is 30.3 Å². The fraction of sp³-hybridized carbons (Fsp3) is 0.700. The lowest BCUT2D eigenvalue weighted by atomic mass is 10.1. The summed E-state index contributed by atoms with van der Waals surface area (Å²) in [5.41, 5.74) is 1.39. The largest absolute Gasteiger partial charge is 0.379 e. The third-order valence-electron chi connectivity index (χ3n) is 5.82. The molecule has 1 aromatic carbocycles. The standard InChI is InChI=1S/C20H31N3O2/c1-2-4-18(5-3-1)23-19(16-21-8-12-24-13-9-21)6-7-20(23)17-22-10-14-25-15-11-22/h1-5,19-20H,6-17H2. The Balaban J connectivity index is 1.46. The molecule has 138 valence electrons. The van der Waals surface area contributed by atoms with E-state index in [2.05, 4.69) is 45.0 Å². The highest BCUT2D eigenvalue weighted by molar-refractivity contribution is 5.49. The minimum absolute atomic E-state index is 0.617. The molecular formula is C20H31N3O2. The summed E-state index contributed by atoms with van der Waals surface area (Å²) < 4.78 is 11.0. The van der Waals surface area contributed by atoms with Gasteiger partial charge in [0.2, 0.25) is 0 Å². The monoisotopic (exact) mass is 345 g/mol. The summed E-state index contributed by atoms with van der Waals surface area (Å²) in [4.78, 5) is 7.88. The number of anilines is 1. The van der Waals surface area contributed by atoms with Crippen LogP contribution < -0.4 is 4.90 Å². The molecule has 3 saturated heterocycles. The van der Waals surface area contributed by atoms with Gasteiger partial charge in [-0.25, -0.2) is 0 Å². The van der Waals surface area contributed by atoms with Gasteiger partial charge in [0.25, 0.3) is 0 Å². The van der Waals surface area contributed by atoms with Crippen molar-refractivity contribution in [2.24, 2.45) is 0 Å². The zero-order chi connectivity index (χ0) is 16.9. The molecule has 5 nitrogen and oxygen atoms in total. The van der Waals surface area contributed by atoms with E-state index in [4.69, 9.17) is 9.47 Å². The molecule has 0 amide bonds. The summed E-state index contributed by atoms with van der Waals surface area (Å²) in [6.45, 7) is 10.2. The average molecular weight is 345 g/mol. The third-order valence-corrected chi connectivity index (χ3v) is 5.82. The molecule has 0 spiro atoms. The molecule has 1 aromatic rings. The fourth-order valence-corrected chi connectivity index (χ4v) is 4.50. The van der Waals surface area contributed by atoms with E-state index in [1.165, 1.54) is 18.5 Å². The quantitative estimate of drug-likeness (QED) is 0.810. The molecule has 3 aliphatic heterocycles. The Kier molecular flexibility index (Phi) is 5.87. The lowest BCUT2D eigenvalue weighted by Crippen LogP contribution is -2.50. The molecule has 3 aliphatic rings. The van der Waals surface area contributed by atoms with E-state index >= 15 is 0 Å². The van der Waals surface area contributed by atoms with E-state index in [0.29, 0.717) is 12.1 Å². The lowest BCUT2D eigenvalue weighted by Gasteiger charge is -2.39. The maximum atomic E-state index is 5.52. The van der Waals surface area contributed by atoms with Gasteiger partial charge in [-0.1, -0.05) is 18.2 Å². The van der Waals surface area contributed by atoms with Crippen LogP contribution in [0.4, 0.5) is 5.69 Å². The number of hydrogen-bond acceptors (Lipinski definition) is 5. The summed E-state index contributed by atoms with van der Waals surface area (Å²) in [6.07, 6.45) is 2.59. The molecule has 0 radical (unpaired) electrons. The number of benzene rings is 1. The molecule has 25 heavy (non-hydrogen) atoms. The summed E-state index contributed by atoms with van der Waals surface area (Å²) in [6, 6.07) is 12.3. The Hall–Kier alpha value is -1.14. The smallest absolute Gasteiger partial charge is 0.0594 e. The maximum absolute atomic E-state index is 5.52. The van der Waals surface area contributed by atoms with Crippen molar-refractivity contribution < 1.29 is 9.47 Å². The van der Waals surface area contributed by atoms with Crippen molar-refractivity contribution in [2.75, 3.05) is 70.6 Å². The summed E-state index contributed by atoms with van der Waals surface area (Å²) in [7, 11) is 0. The van der Waals surface area contributed by atoms with Gasteiger partial charge < -0.3 is 14.4 Å². The van der Waals surface area contributed by atoms with Crippen molar-refractivity contribution in [3.05, 3.63) is 30.3 Å².